The average molecular weight is 1160 g/mol. The Labute approximate surface area is 483 Å². The zero-order chi connectivity index (χ0) is 50.3. The van der Waals surface area contributed by atoms with Gasteiger partial charge in [0, 0.05) is 0 Å². The van der Waals surface area contributed by atoms with Crippen molar-refractivity contribution in [2.75, 3.05) is 0 Å². The number of hydrogen-bond donors (Lipinski definition) is 0. The first kappa shape index (κ1) is 59.4. The molecule has 0 saturated carbocycles. The van der Waals surface area contributed by atoms with Crippen LogP contribution < -0.4 is 24.8 Å². The number of hydrogen-bond acceptors (Lipinski definition) is 0. The molecule has 0 radical (unpaired) electrons. The van der Waals surface area contributed by atoms with Crippen LogP contribution in [0, 0.1) is 12.2 Å². The molecule has 0 fully saturated rings. The molecule has 10 aromatic rings. The molecule has 0 spiro atoms. The Hall–Kier alpha value is -5.45. The van der Waals surface area contributed by atoms with E-state index >= 15 is 0 Å². The molecule has 0 atom stereocenters. The second-order valence-electron chi connectivity index (χ2n) is 17.6. The van der Waals surface area contributed by atoms with E-state index in [0.717, 1.165) is 38.5 Å². The van der Waals surface area contributed by atoms with E-state index in [1.54, 1.807) is 0 Å². The molecule has 0 heterocycles. The Balaban J connectivity index is 0.000000171. The van der Waals surface area contributed by atoms with Gasteiger partial charge in [-0.3, -0.25) is 12.2 Å². The minimum absolute atomic E-state index is 0. The minimum atomic E-state index is 0. The van der Waals surface area contributed by atoms with Crippen molar-refractivity contribution in [3.63, 3.8) is 0 Å². The van der Waals surface area contributed by atoms with Gasteiger partial charge in [-0.1, -0.05) is 98.5 Å². The van der Waals surface area contributed by atoms with E-state index in [9.17, 15) is 0 Å². The fourth-order valence-electron chi connectivity index (χ4n) is 8.56. The van der Waals surface area contributed by atoms with E-state index in [-0.39, 0.29) is 24.8 Å². The van der Waals surface area contributed by atoms with Crippen molar-refractivity contribution in [1.82, 2.24) is 0 Å². The van der Waals surface area contributed by atoms with E-state index in [1.165, 1.54) is 142 Å². The SMILES string of the molecule is CCc1ccc2c(c1)[cH-]c1cc(CC)ccc12.CCc1ccc2c(c1)[cH-]c1cc(CC)ccc12.[C-]1=CC=CC1.[C-]1=CC=CC1.[Cl-].[Cl-].[Zr+2]=[C](c1ccccc1)c1ccccc1.[Zr+2]=[C](c1ccccc1)c1ccccc1. The molecule has 368 valence electrons. The van der Waals surface area contributed by atoms with E-state index in [4.69, 9.17) is 0 Å². The first-order valence-electron chi connectivity index (χ1n) is 25.4. The topological polar surface area (TPSA) is 0 Å². The molecule has 10 aromatic carbocycles. The predicted octanol–water partition coefficient (Wildman–Crippen LogP) is 11.9. The van der Waals surface area contributed by atoms with Crippen molar-refractivity contribution in [1.29, 1.82) is 0 Å². The molecule has 0 saturated heterocycles. The van der Waals surface area contributed by atoms with Gasteiger partial charge in [-0.05, 0) is 25.7 Å². The summed E-state index contributed by atoms with van der Waals surface area (Å²) in [5.74, 6) is 0. The molecule has 0 N–H and O–H groups in total. The molecule has 4 heteroatoms. The molecule has 2 aliphatic rings. The van der Waals surface area contributed by atoms with Crippen LogP contribution >= 0.6 is 0 Å². The van der Waals surface area contributed by atoms with Crippen molar-refractivity contribution in [3.05, 3.63) is 299 Å². The Bertz CT molecular complexity index is 2960. The van der Waals surface area contributed by atoms with E-state index in [0.29, 0.717) is 0 Å². The van der Waals surface area contributed by atoms with Crippen LogP contribution in [0.3, 0.4) is 0 Å². The fourth-order valence-corrected chi connectivity index (χ4v) is 10.2. The zero-order valence-electron chi connectivity index (χ0n) is 43.1. The van der Waals surface area contributed by atoms with Crippen LogP contribution in [0.25, 0.3) is 43.1 Å². The summed E-state index contributed by atoms with van der Waals surface area (Å²) < 4.78 is 2.83. The second-order valence-corrected chi connectivity index (χ2v) is 20.1. The predicted molar refractivity (Wildman–Crippen MR) is 307 cm³/mol. The number of benzene rings is 8. The first-order valence-corrected chi connectivity index (χ1v) is 27.9. The maximum absolute atomic E-state index is 2.99. The van der Waals surface area contributed by atoms with E-state index < -0.39 is 0 Å². The summed E-state index contributed by atoms with van der Waals surface area (Å²) in [5.41, 5.74) is 11.0. The first-order chi connectivity index (χ1) is 35.4. The van der Waals surface area contributed by atoms with Crippen LogP contribution in [-0.4, -0.2) is 6.41 Å². The molecule has 0 aromatic heterocycles. The van der Waals surface area contributed by atoms with Crippen molar-refractivity contribution >= 4 is 49.5 Å². The third-order valence-corrected chi connectivity index (χ3v) is 15.6. The van der Waals surface area contributed by atoms with Gasteiger partial charge in [0.2, 0.25) is 0 Å². The average Bonchev–Trinajstić information content (AvgIpc) is 4.33. The van der Waals surface area contributed by atoms with Crippen molar-refractivity contribution in [2.45, 2.75) is 66.2 Å². The van der Waals surface area contributed by atoms with Gasteiger partial charge in [0.15, 0.2) is 0 Å². The Kier molecular flexibility index (Phi) is 25.8. The van der Waals surface area contributed by atoms with Crippen molar-refractivity contribution in [3.8, 4) is 0 Å². The van der Waals surface area contributed by atoms with E-state index in [1.807, 2.05) is 24.3 Å². The number of allylic oxidation sites excluding steroid dienone is 8. The van der Waals surface area contributed by atoms with Crippen LogP contribution in [0.4, 0.5) is 0 Å². The van der Waals surface area contributed by atoms with Crippen LogP contribution in [0.2, 0.25) is 0 Å². The molecule has 0 unspecified atom stereocenters. The normalized spacial score (nSPS) is 11.4. The van der Waals surface area contributed by atoms with Crippen LogP contribution in [0.15, 0.2) is 243 Å². The van der Waals surface area contributed by atoms with Gasteiger partial charge in [0.05, 0.1) is 0 Å². The third-order valence-electron chi connectivity index (χ3n) is 12.7. The van der Waals surface area contributed by atoms with Crippen molar-refractivity contribution < 1.29 is 73.3 Å². The molecule has 0 aliphatic heterocycles. The summed E-state index contributed by atoms with van der Waals surface area (Å²) in [6, 6.07) is 74.2. The Morgan fingerprint density at radius 2 is 0.608 bits per heavy atom. The van der Waals surface area contributed by atoms with Gasteiger partial charge in [0.25, 0.3) is 0 Å². The summed E-state index contributed by atoms with van der Waals surface area (Å²) in [6.07, 6.45) is 24.4. The van der Waals surface area contributed by atoms with Crippen LogP contribution in [0.1, 0.15) is 85.0 Å². The van der Waals surface area contributed by atoms with Gasteiger partial charge < -0.3 is 24.8 Å². The molecular weight excluding hydrogens is 1090 g/mol. The number of fused-ring (bicyclic) bond motifs is 6. The molecule has 2 aliphatic carbocycles. The van der Waals surface area contributed by atoms with E-state index in [2.05, 4.69) is 258 Å². The maximum atomic E-state index is 2.99. The molecule has 12 rings (SSSR count). The Morgan fingerprint density at radius 1 is 0.365 bits per heavy atom. The summed E-state index contributed by atoms with van der Waals surface area (Å²) in [4.78, 5) is 0. The summed E-state index contributed by atoms with van der Waals surface area (Å²) in [6.45, 7) is 8.83. The summed E-state index contributed by atoms with van der Waals surface area (Å²) in [7, 11) is 0. The monoisotopic (exact) mass is 1150 g/mol. The second kappa shape index (κ2) is 32.1. The van der Waals surface area contributed by atoms with Crippen LogP contribution in [0.5, 0.6) is 0 Å². The quantitative estimate of drug-likeness (QED) is 0.133. The Morgan fingerprint density at radius 3 is 0.784 bits per heavy atom. The van der Waals surface area contributed by atoms with Gasteiger partial charge in [-0.15, -0.1) is 92.3 Å². The van der Waals surface area contributed by atoms with Gasteiger partial charge in [-0.2, -0.15) is 12.2 Å². The third kappa shape index (κ3) is 17.3. The zero-order valence-corrected chi connectivity index (χ0v) is 49.5. The summed E-state index contributed by atoms with van der Waals surface area (Å²) >= 11 is 2.92. The molecular formula is C70H64Cl2Zr2-2. The van der Waals surface area contributed by atoms with Gasteiger partial charge in [-0.25, -0.2) is 24.3 Å². The van der Waals surface area contributed by atoms with Crippen molar-refractivity contribution in [2.24, 2.45) is 0 Å². The van der Waals surface area contributed by atoms with Crippen LogP contribution in [-0.2, 0) is 74.2 Å². The number of halogens is 2. The van der Waals surface area contributed by atoms with Gasteiger partial charge >= 0.3 is 198 Å². The molecule has 0 bridgehead atoms. The number of aryl methyl sites for hydroxylation is 4. The summed E-state index contributed by atoms with van der Waals surface area (Å²) in [5, 5.41) is 11.1. The number of rotatable bonds is 8. The van der Waals surface area contributed by atoms with Gasteiger partial charge in [0.1, 0.15) is 0 Å². The fraction of sp³-hybridized carbons (Fsp3) is 0.143. The molecule has 0 nitrogen and oxygen atoms in total. The standard InChI is InChI=1S/2C17H17.2C13H10.2C5H5.2ClH.2Zr/c2*1-3-12-5-7-16-14(9-12)11-15-10-13(4-2)6-8-17(15)16;2*1-3-7-12(8-4-1)11-13-9-5-2-6-10-13;2*1-2-4-5-3-1;;;;/h2*5-11H,3-4H2,1-2H3;2*1-10H;2*1-3H,4H2;2*1H;;/q2*-1;;;2*-1;;;2*+2/p-2. The molecule has 74 heavy (non-hydrogen) atoms. The molecule has 0 amide bonds.